The number of carbonyl (C=O) groups excluding carboxylic acids is 1. The zero-order valence-electron chi connectivity index (χ0n) is 10.3. The van der Waals surface area contributed by atoms with Gasteiger partial charge in [0, 0.05) is 19.1 Å². The van der Waals surface area contributed by atoms with Crippen LogP contribution in [0.25, 0.3) is 0 Å². The van der Waals surface area contributed by atoms with E-state index < -0.39 is 0 Å². The van der Waals surface area contributed by atoms with E-state index in [1.807, 2.05) is 0 Å². The molecule has 2 aliphatic heterocycles. The SMILES string of the molecule is O=C(NCC1CCOC1)C1=COC(COO)CC1. The van der Waals surface area contributed by atoms with E-state index in [0.717, 1.165) is 19.6 Å². The highest BCUT2D eigenvalue weighted by Gasteiger charge is 2.22. The zero-order chi connectivity index (χ0) is 12.8. The van der Waals surface area contributed by atoms with Crippen molar-refractivity contribution >= 4 is 5.91 Å². The largest absolute Gasteiger partial charge is 0.495 e. The molecule has 2 atom stereocenters. The quantitative estimate of drug-likeness (QED) is 0.560. The van der Waals surface area contributed by atoms with Crippen LogP contribution in [0.2, 0.25) is 0 Å². The Kier molecular flexibility index (Phi) is 4.98. The highest BCUT2D eigenvalue weighted by Crippen LogP contribution is 2.18. The number of ether oxygens (including phenoxy) is 2. The summed E-state index contributed by atoms with van der Waals surface area (Å²) in [5, 5.41) is 11.2. The molecule has 2 unspecified atom stereocenters. The van der Waals surface area contributed by atoms with Crippen LogP contribution in [0.4, 0.5) is 0 Å². The van der Waals surface area contributed by atoms with Crippen LogP contribution in [-0.4, -0.2) is 43.6 Å². The second kappa shape index (κ2) is 6.72. The topological polar surface area (TPSA) is 77.0 Å². The van der Waals surface area contributed by atoms with Gasteiger partial charge in [-0.3, -0.25) is 10.1 Å². The molecule has 6 heteroatoms. The molecule has 1 saturated heterocycles. The second-order valence-electron chi connectivity index (χ2n) is 4.68. The molecule has 0 aromatic carbocycles. The number of amides is 1. The maximum absolute atomic E-state index is 11.8. The molecule has 6 nitrogen and oxygen atoms in total. The second-order valence-corrected chi connectivity index (χ2v) is 4.68. The van der Waals surface area contributed by atoms with E-state index in [4.69, 9.17) is 14.7 Å². The van der Waals surface area contributed by atoms with Crippen LogP contribution in [0.5, 0.6) is 0 Å². The third-order valence-corrected chi connectivity index (χ3v) is 3.27. The molecule has 0 aliphatic carbocycles. The van der Waals surface area contributed by atoms with Gasteiger partial charge in [-0.05, 0) is 19.3 Å². The average molecular weight is 257 g/mol. The molecule has 18 heavy (non-hydrogen) atoms. The smallest absolute Gasteiger partial charge is 0.250 e. The van der Waals surface area contributed by atoms with Gasteiger partial charge in [0.2, 0.25) is 5.91 Å². The molecule has 2 N–H and O–H groups in total. The first kappa shape index (κ1) is 13.3. The maximum Gasteiger partial charge on any atom is 0.250 e. The Labute approximate surface area is 106 Å². The zero-order valence-corrected chi connectivity index (χ0v) is 10.3. The summed E-state index contributed by atoms with van der Waals surface area (Å²) in [5.41, 5.74) is 0.642. The number of nitrogens with one attached hydrogen (secondary N) is 1. The highest BCUT2D eigenvalue weighted by molar-refractivity contribution is 5.93. The van der Waals surface area contributed by atoms with E-state index in [9.17, 15) is 4.79 Å². The molecule has 0 aromatic heterocycles. The number of carbonyl (C=O) groups is 1. The summed E-state index contributed by atoms with van der Waals surface area (Å²) in [6.07, 6.45) is 3.61. The van der Waals surface area contributed by atoms with Gasteiger partial charge >= 0.3 is 0 Å². The summed E-state index contributed by atoms with van der Waals surface area (Å²) in [6, 6.07) is 0. The Morgan fingerprint density at radius 2 is 2.44 bits per heavy atom. The number of rotatable bonds is 5. The predicted octanol–water partition coefficient (Wildman–Crippen LogP) is 0.692. The van der Waals surface area contributed by atoms with Crippen molar-refractivity contribution in [3.63, 3.8) is 0 Å². The van der Waals surface area contributed by atoms with Crippen molar-refractivity contribution in [3.8, 4) is 0 Å². The van der Waals surface area contributed by atoms with Gasteiger partial charge in [-0.15, -0.1) is 0 Å². The molecule has 2 heterocycles. The van der Waals surface area contributed by atoms with Gasteiger partial charge < -0.3 is 14.8 Å². The maximum atomic E-state index is 11.8. The van der Waals surface area contributed by atoms with Crippen LogP contribution in [0.3, 0.4) is 0 Å². The van der Waals surface area contributed by atoms with Gasteiger partial charge in [-0.2, -0.15) is 0 Å². The Hall–Kier alpha value is -1.11. The summed E-state index contributed by atoms with van der Waals surface area (Å²) in [7, 11) is 0. The first-order valence-electron chi connectivity index (χ1n) is 6.26. The number of hydrogen-bond acceptors (Lipinski definition) is 5. The minimum Gasteiger partial charge on any atom is -0.495 e. The van der Waals surface area contributed by atoms with E-state index in [1.54, 1.807) is 0 Å². The van der Waals surface area contributed by atoms with Crippen molar-refractivity contribution in [1.82, 2.24) is 5.32 Å². The highest BCUT2D eigenvalue weighted by atomic mass is 17.1. The minimum atomic E-state index is -0.171. The molecule has 2 rings (SSSR count). The Morgan fingerprint density at radius 3 is 3.06 bits per heavy atom. The molecule has 0 saturated carbocycles. The van der Waals surface area contributed by atoms with E-state index in [1.165, 1.54) is 6.26 Å². The molecule has 0 bridgehead atoms. The normalized spacial score (nSPS) is 27.5. The Bertz CT molecular complexity index is 312. The molecule has 0 radical (unpaired) electrons. The fourth-order valence-corrected chi connectivity index (χ4v) is 2.09. The summed E-state index contributed by atoms with van der Waals surface area (Å²) in [6.45, 7) is 2.30. The first-order valence-corrected chi connectivity index (χ1v) is 6.26. The van der Waals surface area contributed by atoms with Crippen molar-refractivity contribution in [2.24, 2.45) is 5.92 Å². The van der Waals surface area contributed by atoms with Crippen molar-refractivity contribution in [2.75, 3.05) is 26.4 Å². The molecule has 1 fully saturated rings. The summed E-state index contributed by atoms with van der Waals surface area (Å²) in [5.74, 6) is 0.347. The lowest BCUT2D eigenvalue weighted by Gasteiger charge is -2.21. The molecule has 1 amide bonds. The van der Waals surface area contributed by atoms with Crippen LogP contribution in [0.15, 0.2) is 11.8 Å². The van der Waals surface area contributed by atoms with E-state index >= 15 is 0 Å². The van der Waals surface area contributed by atoms with Gasteiger partial charge in [-0.25, -0.2) is 4.89 Å². The molecule has 0 spiro atoms. The van der Waals surface area contributed by atoms with Crippen molar-refractivity contribution in [2.45, 2.75) is 25.4 Å². The molecule has 0 aromatic rings. The number of hydrogen-bond donors (Lipinski definition) is 2. The van der Waals surface area contributed by atoms with Gasteiger partial charge in [0.15, 0.2) is 0 Å². The molecular formula is C12H19NO5. The predicted molar refractivity (Wildman–Crippen MR) is 62.7 cm³/mol. The fraction of sp³-hybridized carbons (Fsp3) is 0.750. The monoisotopic (exact) mass is 257 g/mol. The summed E-state index contributed by atoms with van der Waals surface area (Å²) in [4.78, 5) is 15.9. The van der Waals surface area contributed by atoms with Crippen molar-refractivity contribution in [3.05, 3.63) is 11.8 Å². The van der Waals surface area contributed by atoms with Crippen molar-refractivity contribution in [1.29, 1.82) is 0 Å². The Morgan fingerprint density at radius 1 is 1.56 bits per heavy atom. The lowest BCUT2D eigenvalue weighted by Crippen LogP contribution is -2.32. The van der Waals surface area contributed by atoms with Crippen molar-refractivity contribution < 1.29 is 24.4 Å². The fourth-order valence-electron chi connectivity index (χ4n) is 2.09. The van der Waals surface area contributed by atoms with Gasteiger partial charge in [0.1, 0.15) is 12.7 Å². The first-order chi connectivity index (χ1) is 8.79. The third kappa shape index (κ3) is 3.69. The average Bonchev–Trinajstić information content (AvgIpc) is 2.90. The lowest BCUT2D eigenvalue weighted by molar-refractivity contribution is -0.258. The van der Waals surface area contributed by atoms with E-state index in [0.29, 0.717) is 30.9 Å². The van der Waals surface area contributed by atoms with Crippen LogP contribution in [0.1, 0.15) is 19.3 Å². The third-order valence-electron chi connectivity index (χ3n) is 3.27. The molecule has 102 valence electrons. The summed E-state index contributed by atoms with van der Waals surface area (Å²) < 4.78 is 10.5. The summed E-state index contributed by atoms with van der Waals surface area (Å²) >= 11 is 0. The van der Waals surface area contributed by atoms with Crippen LogP contribution in [0, 0.1) is 5.92 Å². The Balaban J connectivity index is 1.72. The minimum absolute atomic E-state index is 0.0785. The van der Waals surface area contributed by atoms with Crippen LogP contribution < -0.4 is 5.32 Å². The lowest BCUT2D eigenvalue weighted by atomic mass is 10.0. The molecular weight excluding hydrogens is 238 g/mol. The van der Waals surface area contributed by atoms with Crippen LogP contribution >= 0.6 is 0 Å². The van der Waals surface area contributed by atoms with E-state index in [2.05, 4.69) is 10.2 Å². The van der Waals surface area contributed by atoms with Gasteiger partial charge in [0.25, 0.3) is 0 Å². The molecule has 2 aliphatic rings. The van der Waals surface area contributed by atoms with Gasteiger partial charge in [-0.1, -0.05) is 0 Å². The van der Waals surface area contributed by atoms with Gasteiger partial charge in [0.05, 0.1) is 18.4 Å². The van der Waals surface area contributed by atoms with Crippen LogP contribution in [-0.2, 0) is 19.2 Å². The standard InChI is InChI=1S/C12H19NO5/c14-12(13-5-9-3-4-16-6-9)10-1-2-11(8-18-15)17-7-10/h7,9,11,15H,1-6,8H2,(H,13,14). The van der Waals surface area contributed by atoms with E-state index in [-0.39, 0.29) is 18.6 Å².